The van der Waals surface area contributed by atoms with Crippen LogP contribution in [0.15, 0.2) is 12.7 Å². The van der Waals surface area contributed by atoms with Gasteiger partial charge in [0.25, 0.3) is 5.09 Å². The van der Waals surface area contributed by atoms with Gasteiger partial charge in [0, 0.05) is 0 Å². The summed E-state index contributed by atoms with van der Waals surface area (Å²) in [5.41, 5.74) is 0. The molecule has 54 valence electrons. The van der Waals surface area contributed by atoms with E-state index in [-0.39, 0.29) is 6.15 Å². The Morgan fingerprint density at radius 2 is 2.33 bits per heavy atom. The molecule has 0 fully saturated rings. The smallest absolute Gasteiger partial charge is 0.295 e. The van der Waals surface area contributed by atoms with Gasteiger partial charge in [-0.05, 0) is 6.92 Å². The van der Waals surface area contributed by atoms with Crippen molar-refractivity contribution in [2.45, 2.75) is 13.0 Å². The zero-order valence-electron chi connectivity index (χ0n) is 5.24. The van der Waals surface area contributed by atoms with E-state index in [4.69, 9.17) is 0 Å². The van der Waals surface area contributed by atoms with Crippen LogP contribution in [0.5, 0.6) is 0 Å². The second kappa shape index (κ2) is 5.04. The van der Waals surface area contributed by atoms with E-state index in [2.05, 4.69) is 11.4 Å². The summed E-state index contributed by atoms with van der Waals surface area (Å²) in [5.74, 6) is 0. The Kier molecular flexibility index (Phi) is 6.06. The molecule has 5 heteroatoms. The molecule has 0 spiro atoms. The van der Waals surface area contributed by atoms with E-state index in [1.807, 2.05) is 0 Å². The van der Waals surface area contributed by atoms with Crippen molar-refractivity contribution < 1.29 is 9.92 Å². The summed E-state index contributed by atoms with van der Waals surface area (Å²) in [6, 6.07) is 0. The lowest BCUT2D eigenvalue weighted by atomic mass is 10.4. The lowest BCUT2D eigenvalue weighted by Gasteiger charge is -1.99. The Morgan fingerprint density at radius 1 is 1.89 bits per heavy atom. The van der Waals surface area contributed by atoms with E-state index >= 15 is 0 Å². The van der Waals surface area contributed by atoms with Gasteiger partial charge in [0.2, 0.25) is 0 Å². The summed E-state index contributed by atoms with van der Waals surface area (Å²) in [5, 5.41) is 8.66. The second-order valence-corrected chi connectivity index (χ2v) is 1.27. The maximum atomic E-state index is 9.50. The van der Waals surface area contributed by atoms with Crippen LogP contribution in [0.3, 0.4) is 0 Å². The molecule has 0 bridgehead atoms. The number of rotatable bonds is 3. The van der Waals surface area contributed by atoms with Crippen LogP contribution in [-0.4, -0.2) is 11.2 Å². The second-order valence-electron chi connectivity index (χ2n) is 1.27. The first-order valence-corrected chi connectivity index (χ1v) is 2.10. The maximum absolute atomic E-state index is 9.50. The molecule has 3 N–H and O–H groups in total. The summed E-state index contributed by atoms with van der Waals surface area (Å²) in [7, 11) is 0. The number of hydrogen-bond donors (Lipinski definition) is 1. The van der Waals surface area contributed by atoms with Crippen LogP contribution in [0.1, 0.15) is 6.92 Å². The number of nitrogens with zero attached hydrogens (tertiary/aromatic N) is 1. The highest BCUT2D eigenvalue weighted by molar-refractivity contribution is 4.73. The van der Waals surface area contributed by atoms with Crippen molar-refractivity contribution in [1.82, 2.24) is 6.15 Å². The summed E-state index contributed by atoms with van der Waals surface area (Å²) in [4.78, 5) is 13.5. The molecular formula is C4H10N2O3. The number of hydrogen-bond acceptors (Lipinski definition) is 4. The highest BCUT2D eigenvalue weighted by Crippen LogP contribution is 1.88. The molecule has 0 saturated heterocycles. The molecule has 0 aromatic rings. The van der Waals surface area contributed by atoms with Crippen molar-refractivity contribution in [3.63, 3.8) is 0 Å². The Labute approximate surface area is 53.0 Å². The fraction of sp³-hybridized carbons (Fsp3) is 0.500. The van der Waals surface area contributed by atoms with Gasteiger partial charge in [0.1, 0.15) is 6.10 Å². The Bertz CT molecular complexity index is 104. The lowest BCUT2D eigenvalue weighted by molar-refractivity contribution is -0.764. The third-order valence-corrected chi connectivity index (χ3v) is 0.584. The largest absolute Gasteiger partial charge is 0.344 e. The van der Waals surface area contributed by atoms with E-state index in [1.54, 1.807) is 0 Å². The average molecular weight is 134 g/mol. The fourth-order valence-electron chi connectivity index (χ4n) is 0.179. The standard InChI is InChI=1S/C4H7NO3.H3N/c1-3-4(2)8-5(6)7;/h3-4H,1H2,2H3;1H3. The first-order valence-electron chi connectivity index (χ1n) is 2.10. The van der Waals surface area contributed by atoms with Gasteiger partial charge >= 0.3 is 0 Å². The van der Waals surface area contributed by atoms with E-state index in [0.29, 0.717) is 0 Å². The highest BCUT2D eigenvalue weighted by Gasteiger charge is 1.98. The van der Waals surface area contributed by atoms with Crippen LogP contribution in [0.2, 0.25) is 0 Å². The van der Waals surface area contributed by atoms with Crippen molar-refractivity contribution in [1.29, 1.82) is 0 Å². The molecule has 1 atom stereocenters. The van der Waals surface area contributed by atoms with Crippen LogP contribution < -0.4 is 6.15 Å². The fourth-order valence-corrected chi connectivity index (χ4v) is 0.179. The Hall–Kier alpha value is -1.10. The monoisotopic (exact) mass is 134 g/mol. The van der Waals surface area contributed by atoms with Gasteiger partial charge in [-0.2, -0.15) is 0 Å². The first-order chi connectivity index (χ1) is 3.66. The molecule has 0 aliphatic carbocycles. The SMILES string of the molecule is C=CC(C)O[N+](=O)[O-].N. The lowest BCUT2D eigenvalue weighted by Crippen LogP contribution is -2.09. The maximum Gasteiger partial charge on any atom is 0.295 e. The third kappa shape index (κ3) is 6.90. The molecule has 0 rings (SSSR count). The third-order valence-electron chi connectivity index (χ3n) is 0.584. The topological polar surface area (TPSA) is 87.4 Å². The summed E-state index contributed by atoms with van der Waals surface area (Å²) < 4.78 is 0. The van der Waals surface area contributed by atoms with Crippen molar-refractivity contribution >= 4 is 0 Å². The van der Waals surface area contributed by atoms with Crippen LogP contribution in [-0.2, 0) is 4.84 Å². The summed E-state index contributed by atoms with van der Waals surface area (Å²) in [6.07, 6.45) is 0.841. The summed E-state index contributed by atoms with van der Waals surface area (Å²) >= 11 is 0. The highest BCUT2D eigenvalue weighted by atomic mass is 17.0. The van der Waals surface area contributed by atoms with Crippen molar-refractivity contribution in [2.24, 2.45) is 0 Å². The van der Waals surface area contributed by atoms with Crippen LogP contribution in [0.4, 0.5) is 0 Å². The molecule has 5 nitrogen and oxygen atoms in total. The predicted molar refractivity (Wildman–Crippen MR) is 32.8 cm³/mol. The molecule has 9 heavy (non-hydrogen) atoms. The van der Waals surface area contributed by atoms with Crippen molar-refractivity contribution in [3.05, 3.63) is 22.8 Å². The van der Waals surface area contributed by atoms with Gasteiger partial charge < -0.3 is 11.0 Å². The van der Waals surface area contributed by atoms with Crippen molar-refractivity contribution in [3.8, 4) is 0 Å². The normalized spacial score (nSPS) is 10.8. The Morgan fingerprint density at radius 3 is 2.44 bits per heavy atom. The molecule has 0 aliphatic rings. The predicted octanol–water partition coefficient (Wildman–Crippen LogP) is 0.931. The van der Waals surface area contributed by atoms with Crippen LogP contribution in [0, 0.1) is 10.1 Å². The quantitative estimate of drug-likeness (QED) is 0.353. The van der Waals surface area contributed by atoms with Crippen LogP contribution in [0.25, 0.3) is 0 Å². The van der Waals surface area contributed by atoms with Gasteiger partial charge in [-0.3, -0.25) is 0 Å². The Balaban J connectivity index is 0. The molecule has 0 aromatic carbocycles. The van der Waals surface area contributed by atoms with Gasteiger partial charge in [-0.15, -0.1) is 16.7 Å². The minimum Gasteiger partial charge on any atom is -0.344 e. The van der Waals surface area contributed by atoms with E-state index in [1.165, 1.54) is 13.0 Å². The minimum atomic E-state index is -0.841. The zero-order valence-corrected chi connectivity index (χ0v) is 5.24. The van der Waals surface area contributed by atoms with E-state index < -0.39 is 11.2 Å². The van der Waals surface area contributed by atoms with Gasteiger partial charge in [-0.1, -0.05) is 6.08 Å². The molecule has 0 radical (unpaired) electrons. The van der Waals surface area contributed by atoms with Gasteiger partial charge in [0.15, 0.2) is 0 Å². The molecule has 0 heterocycles. The molecular weight excluding hydrogens is 124 g/mol. The molecule has 0 amide bonds. The molecule has 0 saturated carbocycles. The van der Waals surface area contributed by atoms with E-state index in [9.17, 15) is 10.1 Å². The van der Waals surface area contributed by atoms with Crippen molar-refractivity contribution in [2.75, 3.05) is 0 Å². The minimum absolute atomic E-state index is 0. The molecule has 0 aromatic heterocycles. The molecule has 1 unspecified atom stereocenters. The van der Waals surface area contributed by atoms with Gasteiger partial charge in [-0.25, -0.2) is 0 Å². The molecule has 0 aliphatic heterocycles. The van der Waals surface area contributed by atoms with Crippen LogP contribution >= 0.6 is 0 Å². The summed E-state index contributed by atoms with van der Waals surface area (Å²) in [6.45, 7) is 4.82. The first kappa shape index (κ1) is 10.8. The average Bonchev–Trinajstić information content (AvgIpc) is 1.65. The zero-order chi connectivity index (χ0) is 6.57. The van der Waals surface area contributed by atoms with E-state index in [0.717, 1.165) is 0 Å². The van der Waals surface area contributed by atoms with Gasteiger partial charge in [0.05, 0.1) is 0 Å².